The first-order chi connectivity index (χ1) is 11.9. The van der Waals surface area contributed by atoms with Gasteiger partial charge in [0, 0.05) is 11.3 Å². The van der Waals surface area contributed by atoms with E-state index in [-0.39, 0.29) is 12.2 Å². The molecule has 25 heavy (non-hydrogen) atoms. The van der Waals surface area contributed by atoms with Crippen molar-refractivity contribution < 1.29 is 23.5 Å². The van der Waals surface area contributed by atoms with Crippen LogP contribution in [-0.4, -0.2) is 37.7 Å². The quantitative estimate of drug-likeness (QED) is 0.864. The predicted molar refractivity (Wildman–Crippen MR) is 90.5 cm³/mol. The molecule has 0 radical (unpaired) electrons. The highest BCUT2D eigenvalue weighted by atomic mass is 19.1. The molecule has 0 saturated carbocycles. The Morgan fingerprint density at radius 3 is 2.68 bits per heavy atom. The molecular weight excluding hydrogens is 327 g/mol. The van der Waals surface area contributed by atoms with Crippen molar-refractivity contribution in [1.82, 2.24) is 5.32 Å². The standard InChI is InChI=1S/C18H19FN2O4/c1-9-13(21-18(23)16(9)19)8-25-14-5-3-4-10-6-12(17(20)22)15(24-2)7-11(10)14/h3-7,9,13,16H,8H2,1-2H3,(H2,20,22)(H,21,23)/t9-,13+,16?/m0/s1. The number of hydrogen-bond acceptors (Lipinski definition) is 4. The van der Waals surface area contributed by atoms with Crippen molar-refractivity contribution in [2.75, 3.05) is 13.7 Å². The second-order valence-corrected chi connectivity index (χ2v) is 6.08. The Morgan fingerprint density at radius 2 is 2.08 bits per heavy atom. The van der Waals surface area contributed by atoms with Crippen LogP contribution in [0.4, 0.5) is 4.39 Å². The van der Waals surface area contributed by atoms with E-state index in [0.29, 0.717) is 11.5 Å². The highest BCUT2D eigenvalue weighted by Gasteiger charge is 2.39. The van der Waals surface area contributed by atoms with Crippen molar-refractivity contribution in [3.05, 3.63) is 35.9 Å². The number of rotatable bonds is 5. The van der Waals surface area contributed by atoms with Gasteiger partial charge in [-0.2, -0.15) is 0 Å². The zero-order valence-electron chi connectivity index (χ0n) is 13.9. The lowest BCUT2D eigenvalue weighted by atomic mass is 10.0. The second kappa shape index (κ2) is 6.58. The number of carbonyl (C=O) groups is 2. The van der Waals surface area contributed by atoms with Gasteiger partial charge in [0.1, 0.15) is 18.1 Å². The first-order valence-electron chi connectivity index (χ1n) is 7.90. The molecule has 0 bridgehead atoms. The van der Waals surface area contributed by atoms with Crippen molar-refractivity contribution in [2.45, 2.75) is 19.1 Å². The van der Waals surface area contributed by atoms with E-state index in [1.54, 1.807) is 31.2 Å². The number of benzene rings is 2. The minimum absolute atomic E-state index is 0.145. The molecule has 0 aliphatic carbocycles. The van der Waals surface area contributed by atoms with Crippen LogP contribution in [-0.2, 0) is 4.79 Å². The van der Waals surface area contributed by atoms with Gasteiger partial charge in [0.2, 0.25) is 0 Å². The minimum atomic E-state index is -1.51. The van der Waals surface area contributed by atoms with Crippen LogP contribution in [0.5, 0.6) is 11.5 Å². The topological polar surface area (TPSA) is 90.7 Å². The van der Waals surface area contributed by atoms with Crippen molar-refractivity contribution in [3.63, 3.8) is 0 Å². The van der Waals surface area contributed by atoms with Gasteiger partial charge < -0.3 is 20.5 Å². The summed E-state index contributed by atoms with van der Waals surface area (Å²) in [6, 6.07) is 8.29. The zero-order valence-corrected chi connectivity index (χ0v) is 13.9. The molecular formula is C18H19FN2O4. The molecule has 3 rings (SSSR count). The SMILES string of the molecule is COc1cc2c(OC[C@H]3NC(=O)C(F)[C@H]3C)cccc2cc1C(N)=O. The number of nitrogens with one attached hydrogen (secondary N) is 1. The van der Waals surface area contributed by atoms with Crippen molar-refractivity contribution in [1.29, 1.82) is 0 Å². The Hall–Kier alpha value is -2.83. The number of primary amides is 1. The Balaban J connectivity index is 1.89. The smallest absolute Gasteiger partial charge is 0.255 e. The van der Waals surface area contributed by atoms with E-state index in [0.717, 1.165) is 10.8 Å². The van der Waals surface area contributed by atoms with Gasteiger partial charge in [-0.25, -0.2) is 4.39 Å². The summed E-state index contributed by atoms with van der Waals surface area (Å²) in [7, 11) is 1.45. The molecule has 3 N–H and O–H groups in total. The zero-order chi connectivity index (χ0) is 18.1. The maximum atomic E-state index is 13.6. The third-order valence-corrected chi connectivity index (χ3v) is 4.52. The highest BCUT2D eigenvalue weighted by Crippen LogP contribution is 2.32. The van der Waals surface area contributed by atoms with Crippen LogP contribution in [0.3, 0.4) is 0 Å². The Labute approximate surface area is 144 Å². The Bertz CT molecular complexity index is 839. The summed E-state index contributed by atoms with van der Waals surface area (Å²) in [5.74, 6) is -0.746. The number of amides is 2. The lowest BCUT2D eigenvalue weighted by Gasteiger charge is -2.18. The first kappa shape index (κ1) is 17.0. The Morgan fingerprint density at radius 1 is 1.32 bits per heavy atom. The first-order valence-corrected chi connectivity index (χ1v) is 7.90. The van der Waals surface area contributed by atoms with Crippen LogP contribution in [0.25, 0.3) is 10.8 Å². The van der Waals surface area contributed by atoms with E-state index in [9.17, 15) is 14.0 Å². The average molecular weight is 346 g/mol. The molecule has 3 atom stereocenters. The van der Waals surface area contributed by atoms with E-state index in [1.165, 1.54) is 7.11 Å². The van der Waals surface area contributed by atoms with Gasteiger partial charge in [-0.05, 0) is 23.6 Å². The third-order valence-electron chi connectivity index (χ3n) is 4.52. The molecule has 1 unspecified atom stereocenters. The lowest BCUT2D eigenvalue weighted by molar-refractivity contribution is -0.123. The fourth-order valence-electron chi connectivity index (χ4n) is 2.97. The number of ether oxygens (including phenoxy) is 2. The molecule has 1 aliphatic heterocycles. The van der Waals surface area contributed by atoms with E-state index in [1.807, 2.05) is 6.07 Å². The van der Waals surface area contributed by atoms with Gasteiger partial charge in [-0.15, -0.1) is 0 Å². The molecule has 1 aliphatic rings. The van der Waals surface area contributed by atoms with Crippen LogP contribution in [0, 0.1) is 5.92 Å². The second-order valence-electron chi connectivity index (χ2n) is 6.08. The third kappa shape index (κ3) is 3.09. The van der Waals surface area contributed by atoms with Crippen LogP contribution >= 0.6 is 0 Å². The van der Waals surface area contributed by atoms with E-state index in [4.69, 9.17) is 15.2 Å². The van der Waals surface area contributed by atoms with Crippen molar-refractivity contribution in [2.24, 2.45) is 11.7 Å². The number of alkyl halides is 1. The van der Waals surface area contributed by atoms with Gasteiger partial charge in [-0.3, -0.25) is 9.59 Å². The van der Waals surface area contributed by atoms with E-state index < -0.39 is 29.9 Å². The predicted octanol–water partition coefficient (Wildman–Crippen LogP) is 1.80. The maximum absolute atomic E-state index is 13.6. The fraction of sp³-hybridized carbons (Fsp3) is 0.333. The van der Waals surface area contributed by atoms with Gasteiger partial charge >= 0.3 is 0 Å². The lowest BCUT2D eigenvalue weighted by Crippen LogP contribution is -2.34. The molecule has 2 amide bonds. The molecule has 2 aromatic rings. The Kier molecular flexibility index (Phi) is 4.48. The number of halogens is 1. The normalized spacial score (nSPS) is 22.7. The van der Waals surface area contributed by atoms with Crippen molar-refractivity contribution >= 4 is 22.6 Å². The minimum Gasteiger partial charge on any atom is -0.496 e. The van der Waals surface area contributed by atoms with Crippen LogP contribution in [0.1, 0.15) is 17.3 Å². The molecule has 6 nitrogen and oxygen atoms in total. The molecule has 1 saturated heterocycles. The molecule has 2 aromatic carbocycles. The summed E-state index contributed by atoms with van der Waals surface area (Å²) in [5.41, 5.74) is 5.66. The summed E-state index contributed by atoms with van der Waals surface area (Å²) < 4.78 is 24.7. The molecule has 1 fully saturated rings. The van der Waals surface area contributed by atoms with Crippen LogP contribution in [0.2, 0.25) is 0 Å². The fourth-order valence-corrected chi connectivity index (χ4v) is 2.97. The molecule has 1 heterocycles. The molecule has 7 heteroatoms. The summed E-state index contributed by atoms with van der Waals surface area (Å²) in [6.45, 7) is 1.81. The molecule has 132 valence electrons. The average Bonchev–Trinajstić information content (AvgIpc) is 2.85. The number of fused-ring (bicyclic) bond motifs is 1. The van der Waals surface area contributed by atoms with Gasteiger partial charge in [0.25, 0.3) is 11.8 Å². The number of nitrogens with two attached hydrogens (primary N) is 1. The van der Waals surface area contributed by atoms with Crippen LogP contribution in [0.15, 0.2) is 30.3 Å². The monoisotopic (exact) mass is 346 g/mol. The largest absolute Gasteiger partial charge is 0.496 e. The summed E-state index contributed by atoms with van der Waals surface area (Å²) in [4.78, 5) is 22.9. The van der Waals surface area contributed by atoms with Gasteiger partial charge in [0.15, 0.2) is 6.17 Å². The molecule has 0 aromatic heterocycles. The highest BCUT2D eigenvalue weighted by molar-refractivity contribution is 6.02. The van der Waals surface area contributed by atoms with E-state index in [2.05, 4.69) is 5.32 Å². The number of hydrogen-bond donors (Lipinski definition) is 2. The number of carbonyl (C=O) groups excluding carboxylic acids is 2. The van der Waals surface area contributed by atoms with Crippen molar-refractivity contribution in [3.8, 4) is 11.5 Å². The van der Waals surface area contributed by atoms with Crippen LogP contribution < -0.4 is 20.5 Å². The summed E-state index contributed by atoms with van der Waals surface area (Å²) in [6.07, 6.45) is -1.51. The van der Waals surface area contributed by atoms with Gasteiger partial charge in [0.05, 0.1) is 18.7 Å². The van der Waals surface area contributed by atoms with Gasteiger partial charge in [-0.1, -0.05) is 19.1 Å². The molecule has 0 spiro atoms. The summed E-state index contributed by atoms with van der Waals surface area (Å²) >= 11 is 0. The van der Waals surface area contributed by atoms with E-state index >= 15 is 0 Å². The summed E-state index contributed by atoms with van der Waals surface area (Å²) in [5, 5.41) is 4.09. The number of methoxy groups -OCH3 is 1. The maximum Gasteiger partial charge on any atom is 0.255 e.